The minimum absolute atomic E-state index is 0.0487. The van der Waals surface area contributed by atoms with Gasteiger partial charge in [-0.1, -0.05) is 50.5 Å². The summed E-state index contributed by atoms with van der Waals surface area (Å²) in [5.74, 6) is -0.932. The van der Waals surface area contributed by atoms with Gasteiger partial charge in [-0.15, -0.1) is 11.8 Å². The molecule has 0 radical (unpaired) electrons. The lowest BCUT2D eigenvalue weighted by Crippen LogP contribution is -2.55. The summed E-state index contributed by atoms with van der Waals surface area (Å²) in [6.45, 7) is 4.42. The number of amides is 3. The Balaban J connectivity index is 1.54. The zero-order valence-corrected chi connectivity index (χ0v) is 21.6. The molecule has 1 spiro atoms. The molecule has 0 aromatic carbocycles. The quantitative estimate of drug-likeness (QED) is 0.428. The largest absolute Gasteiger partial charge is 0.396 e. The molecule has 5 aliphatic rings. The lowest BCUT2D eigenvalue weighted by Gasteiger charge is -2.39. The first-order chi connectivity index (χ1) is 17.0. The first-order valence-corrected chi connectivity index (χ1v) is 14.4. The van der Waals surface area contributed by atoms with Crippen molar-refractivity contribution < 1.29 is 19.5 Å². The molecular formula is C27H39N3O4S. The summed E-state index contributed by atoms with van der Waals surface area (Å²) in [6, 6.07) is -0.361. The smallest absolute Gasteiger partial charge is 0.247 e. The minimum Gasteiger partial charge on any atom is -0.396 e. The number of carbonyl (C=O) groups is 3. The van der Waals surface area contributed by atoms with Gasteiger partial charge in [0.05, 0.1) is 16.6 Å². The van der Waals surface area contributed by atoms with Gasteiger partial charge in [0.2, 0.25) is 17.7 Å². The Bertz CT molecular complexity index is 901. The Labute approximate surface area is 213 Å². The second kappa shape index (κ2) is 10.3. The van der Waals surface area contributed by atoms with Crippen LogP contribution in [-0.4, -0.2) is 92.4 Å². The fourth-order valence-corrected chi connectivity index (χ4v) is 9.04. The molecule has 7 nitrogen and oxygen atoms in total. The highest BCUT2D eigenvalue weighted by atomic mass is 32.2. The summed E-state index contributed by atoms with van der Waals surface area (Å²) < 4.78 is -0.721. The minimum atomic E-state index is -0.721. The van der Waals surface area contributed by atoms with E-state index in [1.54, 1.807) is 16.7 Å². The Hall–Kier alpha value is -1.80. The summed E-state index contributed by atoms with van der Waals surface area (Å²) >= 11 is 1.67. The number of aliphatic hydroxyl groups is 1. The first-order valence-electron chi connectivity index (χ1n) is 13.6. The predicted molar refractivity (Wildman–Crippen MR) is 137 cm³/mol. The molecule has 0 aromatic rings. The second-order valence-corrected chi connectivity index (χ2v) is 12.2. The number of carbonyl (C=O) groups excluding carboxylic acids is 3. The van der Waals surface area contributed by atoms with Gasteiger partial charge in [0.15, 0.2) is 0 Å². The van der Waals surface area contributed by atoms with Crippen molar-refractivity contribution in [2.45, 2.75) is 80.4 Å². The van der Waals surface area contributed by atoms with Crippen molar-refractivity contribution >= 4 is 29.5 Å². The van der Waals surface area contributed by atoms with Crippen molar-refractivity contribution in [3.05, 3.63) is 24.3 Å². The van der Waals surface area contributed by atoms with Crippen LogP contribution in [0.5, 0.6) is 0 Å². The number of hydrogen-bond donors (Lipinski definition) is 1. The summed E-state index contributed by atoms with van der Waals surface area (Å²) in [6.07, 6.45) is 16.1. The molecule has 192 valence electrons. The van der Waals surface area contributed by atoms with Crippen molar-refractivity contribution in [3.8, 4) is 0 Å². The average molecular weight is 502 g/mol. The van der Waals surface area contributed by atoms with Crippen molar-refractivity contribution in [1.29, 1.82) is 0 Å². The molecular weight excluding hydrogens is 462 g/mol. The zero-order valence-electron chi connectivity index (χ0n) is 20.8. The van der Waals surface area contributed by atoms with Gasteiger partial charge in [-0.25, -0.2) is 0 Å². The second-order valence-electron chi connectivity index (χ2n) is 10.7. The van der Waals surface area contributed by atoms with Gasteiger partial charge in [0.25, 0.3) is 0 Å². The Kier molecular flexibility index (Phi) is 7.31. The third-order valence-electron chi connectivity index (χ3n) is 8.59. The lowest BCUT2D eigenvalue weighted by atomic mass is 9.78. The molecule has 8 heteroatoms. The van der Waals surface area contributed by atoms with E-state index in [4.69, 9.17) is 0 Å². The number of fused-ring (bicyclic) bond motifs is 2. The Morgan fingerprint density at radius 3 is 2.54 bits per heavy atom. The van der Waals surface area contributed by atoms with E-state index in [0.29, 0.717) is 39.0 Å². The molecule has 1 unspecified atom stereocenters. The van der Waals surface area contributed by atoms with E-state index >= 15 is 0 Å². The number of unbranched alkanes of at least 4 members (excludes halogenated alkanes) is 1. The molecule has 5 atom stereocenters. The fraction of sp³-hybridized carbons (Fsp3) is 0.741. The number of rotatable bonds is 7. The van der Waals surface area contributed by atoms with E-state index in [1.165, 1.54) is 6.42 Å². The third-order valence-corrected chi connectivity index (χ3v) is 10.3. The fourth-order valence-electron chi connectivity index (χ4n) is 7.03. The highest BCUT2D eigenvalue weighted by molar-refractivity contribution is 8.02. The van der Waals surface area contributed by atoms with Gasteiger partial charge in [-0.2, -0.15) is 0 Å². The maximum atomic E-state index is 14.3. The van der Waals surface area contributed by atoms with Crippen LogP contribution in [0.15, 0.2) is 24.3 Å². The Morgan fingerprint density at radius 1 is 1.00 bits per heavy atom. The van der Waals surface area contributed by atoms with Crippen LogP contribution in [0.1, 0.15) is 58.3 Å². The van der Waals surface area contributed by atoms with Crippen LogP contribution >= 0.6 is 11.8 Å². The highest BCUT2D eigenvalue weighted by Gasteiger charge is 2.71. The lowest BCUT2D eigenvalue weighted by molar-refractivity contribution is -0.145. The number of nitrogens with zero attached hydrogens (tertiary/aromatic N) is 3. The standard InChI is InChI=1S/C27H39N3O4S/c1-2-14-28-15-8-12-20-21(24(28)32)22-25(33)30(16-6-7-18-31)23-26(34)29(19-10-4-3-5-11-19)17-9-13-27(22,23)35-20/h8-9,12-13,19-23,31H,2-7,10-11,14-18H2,1H3/t20-,21+,22-,23?,27-/m0/s1. The predicted octanol–water partition coefficient (Wildman–Crippen LogP) is 2.60. The molecule has 0 aromatic heterocycles. The van der Waals surface area contributed by atoms with Crippen LogP contribution in [0.4, 0.5) is 0 Å². The summed E-state index contributed by atoms with van der Waals surface area (Å²) in [5.41, 5.74) is 0. The molecule has 3 fully saturated rings. The maximum absolute atomic E-state index is 14.3. The van der Waals surface area contributed by atoms with Gasteiger partial charge >= 0.3 is 0 Å². The Morgan fingerprint density at radius 2 is 1.80 bits per heavy atom. The van der Waals surface area contributed by atoms with E-state index < -0.39 is 22.6 Å². The third kappa shape index (κ3) is 4.14. The van der Waals surface area contributed by atoms with Gasteiger partial charge < -0.3 is 19.8 Å². The van der Waals surface area contributed by atoms with Crippen molar-refractivity contribution in [1.82, 2.24) is 14.7 Å². The molecule has 3 amide bonds. The number of aliphatic hydroxyl groups excluding tert-OH is 1. The van der Waals surface area contributed by atoms with Gasteiger partial charge in [0, 0.05) is 44.1 Å². The van der Waals surface area contributed by atoms with Crippen molar-refractivity contribution in [2.75, 3.05) is 32.8 Å². The average Bonchev–Trinajstić information content (AvgIpc) is 3.17. The van der Waals surface area contributed by atoms with Crippen LogP contribution in [-0.2, 0) is 14.4 Å². The van der Waals surface area contributed by atoms with E-state index in [9.17, 15) is 19.5 Å². The highest BCUT2D eigenvalue weighted by Crippen LogP contribution is 2.61. The summed E-state index contributed by atoms with van der Waals surface area (Å²) in [7, 11) is 0. The summed E-state index contributed by atoms with van der Waals surface area (Å²) in [4.78, 5) is 47.9. The van der Waals surface area contributed by atoms with Crippen LogP contribution in [0.2, 0.25) is 0 Å². The molecule has 4 aliphatic heterocycles. The normalized spacial score (nSPS) is 35.3. The number of hydrogen-bond acceptors (Lipinski definition) is 5. The van der Waals surface area contributed by atoms with E-state index in [-0.39, 0.29) is 35.6 Å². The molecule has 4 heterocycles. The van der Waals surface area contributed by atoms with Crippen LogP contribution in [0, 0.1) is 11.8 Å². The van der Waals surface area contributed by atoms with Gasteiger partial charge in [0.1, 0.15) is 6.04 Å². The molecule has 0 bridgehead atoms. The molecule has 2 saturated heterocycles. The number of likely N-dealkylation sites (tertiary alicyclic amines) is 1. The number of thioether (sulfide) groups is 1. The SMILES string of the molecule is CCCN1CC=C[C@@H]2S[C@]34C=CCN(C5CCCCC5)C(=O)C3N(CCCCO)C(=O)[C@@H]4[C@@H]2C1=O. The van der Waals surface area contributed by atoms with Crippen molar-refractivity contribution in [2.24, 2.45) is 11.8 Å². The molecule has 1 N–H and O–H groups in total. The van der Waals surface area contributed by atoms with Crippen LogP contribution in [0.25, 0.3) is 0 Å². The molecule has 35 heavy (non-hydrogen) atoms. The van der Waals surface area contributed by atoms with Gasteiger partial charge in [-0.3, -0.25) is 14.4 Å². The van der Waals surface area contributed by atoms with Crippen LogP contribution < -0.4 is 0 Å². The molecule has 1 saturated carbocycles. The topological polar surface area (TPSA) is 81.2 Å². The van der Waals surface area contributed by atoms with Crippen LogP contribution in [0.3, 0.4) is 0 Å². The van der Waals surface area contributed by atoms with Gasteiger partial charge in [-0.05, 0) is 32.1 Å². The van der Waals surface area contributed by atoms with Crippen molar-refractivity contribution in [3.63, 3.8) is 0 Å². The zero-order chi connectivity index (χ0) is 24.6. The van der Waals surface area contributed by atoms with E-state index in [2.05, 4.69) is 31.2 Å². The summed E-state index contributed by atoms with van der Waals surface area (Å²) in [5, 5.41) is 9.26. The first kappa shape index (κ1) is 24.9. The molecule has 5 rings (SSSR count). The van der Waals surface area contributed by atoms with E-state index in [0.717, 1.165) is 32.1 Å². The van der Waals surface area contributed by atoms with E-state index in [1.807, 2.05) is 9.80 Å². The molecule has 1 aliphatic carbocycles. The maximum Gasteiger partial charge on any atom is 0.247 e. The monoisotopic (exact) mass is 501 g/mol.